The van der Waals surface area contributed by atoms with Crippen molar-refractivity contribution in [2.75, 3.05) is 18.9 Å². The van der Waals surface area contributed by atoms with Gasteiger partial charge in [-0.05, 0) is 19.2 Å². The highest BCUT2D eigenvalue weighted by Gasteiger charge is 2.11. The van der Waals surface area contributed by atoms with Crippen LogP contribution in [0.1, 0.15) is 5.69 Å². The van der Waals surface area contributed by atoms with Crippen molar-refractivity contribution in [1.29, 1.82) is 0 Å². The van der Waals surface area contributed by atoms with E-state index in [9.17, 15) is 8.42 Å². The third-order valence-corrected chi connectivity index (χ3v) is 5.91. The van der Waals surface area contributed by atoms with E-state index in [1.54, 1.807) is 17.4 Å². The Hall–Kier alpha value is -2.29. The van der Waals surface area contributed by atoms with Gasteiger partial charge in [-0.2, -0.15) is 0 Å². The van der Waals surface area contributed by atoms with E-state index in [2.05, 4.69) is 25.4 Å². The Labute approximate surface area is 151 Å². The molecule has 0 saturated carbocycles. The van der Waals surface area contributed by atoms with Gasteiger partial charge in [0, 0.05) is 30.1 Å². The second-order valence-electron chi connectivity index (χ2n) is 5.27. The summed E-state index contributed by atoms with van der Waals surface area (Å²) in [6, 6.07) is 13.3. The highest BCUT2D eigenvalue weighted by atomic mass is 32.2. The molecule has 0 aliphatic carbocycles. The van der Waals surface area contributed by atoms with Gasteiger partial charge >= 0.3 is 0 Å². The van der Waals surface area contributed by atoms with Crippen molar-refractivity contribution in [1.82, 2.24) is 14.7 Å². The summed E-state index contributed by atoms with van der Waals surface area (Å²) in [6.07, 6.45) is 2.10. The number of benzene rings is 1. The second kappa shape index (κ2) is 7.73. The molecule has 25 heavy (non-hydrogen) atoms. The van der Waals surface area contributed by atoms with Crippen molar-refractivity contribution in [3.8, 4) is 10.6 Å². The zero-order valence-corrected chi connectivity index (χ0v) is 15.3. The Balaban J connectivity index is 1.56. The van der Waals surface area contributed by atoms with Crippen LogP contribution in [-0.2, 0) is 16.4 Å². The smallest absolute Gasteiger partial charge is 0.241 e. The lowest BCUT2D eigenvalue weighted by atomic mass is 10.2. The fraction of sp³-hybridized carbons (Fsp3) is 0.176. The number of hydrogen-bond donors (Lipinski definition) is 2. The molecule has 8 heteroatoms. The molecule has 6 nitrogen and oxygen atoms in total. The summed E-state index contributed by atoms with van der Waals surface area (Å²) in [6.45, 7) is 0.670. The summed E-state index contributed by atoms with van der Waals surface area (Å²) in [7, 11) is -2.08. The summed E-state index contributed by atoms with van der Waals surface area (Å²) < 4.78 is 25.6. The third kappa shape index (κ3) is 4.41. The van der Waals surface area contributed by atoms with Crippen molar-refractivity contribution in [3.05, 3.63) is 59.7 Å². The average molecular weight is 374 g/mol. The highest BCUT2D eigenvalue weighted by Crippen LogP contribution is 2.23. The zero-order chi connectivity index (χ0) is 17.7. The lowest BCUT2D eigenvalue weighted by molar-refractivity contribution is 0.588. The molecule has 0 radical (unpaired) electrons. The second-order valence-corrected chi connectivity index (χ2v) is 8.02. The summed E-state index contributed by atoms with van der Waals surface area (Å²) in [5.41, 5.74) is 2.14. The van der Waals surface area contributed by atoms with Crippen LogP contribution in [0.3, 0.4) is 0 Å². The van der Waals surface area contributed by atoms with Crippen molar-refractivity contribution < 1.29 is 8.42 Å². The largest absolute Gasteiger partial charge is 0.370 e. The summed E-state index contributed by atoms with van der Waals surface area (Å²) in [4.78, 5) is 8.91. The minimum absolute atomic E-state index is 0.146. The molecule has 130 valence electrons. The van der Waals surface area contributed by atoms with Crippen LogP contribution in [-0.4, -0.2) is 32.0 Å². The molecule has 0 unspecified atom stereocenters. The van der Waals surface area contributed by atoms with Gasteiger partial charge in [0.05, 0.1) is 5.69 Å². The van der Waals surface area contributed by atoms with Gasteiger partial charge in [-0.1, -0.05) is 30.3 Å². The minimum Gasteiger partial charge on any atom is -0.370 e. The summed E-state index contributed by atoms with van der Waals surface area (Å²) in [5, 5.41) is 6.24. The third-order valence-electron chi connectivity index (χ3n) is 3.58. The first-order valence-corrected chi connectivity index (χ1v) is 10.1. The van der Waals surface area contributed by atoms with Gasteiger partial charge in [-0.3, -0.25) is 0 Å². The van der Waals surface area contributed by atoms with E-state index in [-0.39, 0.29) is 4.90 Å². The number of hydrogen-bond acceptors (Lipinski definition) is 6. The van der Waals surface area contributed by atoms with Crippen LogP contribution >= 0.6 is 11.3 Å². The van der Waals surface area contributed by atoms with Gasteiger partial charge in [-0.25, -0.2) is 23.1 Å². The Bertz CT molecular complexity index is 923. The highest BCUT2D eigenvalue weighted by molar-refractivity contribution is 7.89. The van der Waals surface area contributed by atoms with Crippen LogP contribution in [0.15, 0.2) is 58.9 Å². The molecular weight excluding hydrogens is 356 g/mol. The first-order chi connectivity index (χ1) is 12.1. The molecule has 2 aromatic heterocycles. The van der Waals surface area contributed by atoms with E-state index in [0.29, 0.717) is 12.4 Å². The number of rotatable bonds is 7. The summed E-state index contributed by atoms with van der Waals surface area (Å²) >= 11 is 1.63. The molecule has 0 spiro atoms. The number of sulfonamides is 1. The molecule has 3 aromatic rings. The summed E-state index contributed by atoms with van der Waals surface area (Å²) in [5.74, 6) is 0.633. The van der Waals surface area contributed by atoms with E-state index < -0.39 is 10.0 Å². The lowest BCUT2D eigenvalue weighted by Gasteiger charge is -2.06. The normalized spacial score (nSPS) is 11.4. The van der Waals surface area contributed by atoms with Crippen LogP contribution in [0.25, 0.3) is 10.6 Å². The van der Waals surface area contributed by atoms with Gasteiger partial charge in [0.25, 0.3) is 0 Å². The van der Waals surface area contributed by atoms with E-state index in [1.165, 1.54) is 19.3 Å². The minimum atomic E-state index is -3.45. The molecule has 2 heterocycles. The molecule has 1 aromatic carbocycles. The molecule has 0 aliphatic rings. The lowest BCUT2D eigenvalue weighted by Crippen LogP contribution is -2.18. The van der Waals surface area contributed by atoms with E-state index in [4.69, 9.17) is 0 Å². The maximum absolute atomic E-state index is 11.7. The van der Waals surface area contributed by atoms with E-state index in [0.717, 1.165) is 22.7 Å². The number of pyridine rings is 1. The molecule has 0 fully saturated rings. The van der Waals surface area contributed by atoms with Crippen LogP contribution in [0.4, 0.5) is 5.82 Å². The first kappa shape index (κ1) is 17.5. The van der Waals surface area contributed by atoms with Crippen molar-refractivity contribution in [2.24, 2.45) is 0 Å². The van der Waals surface area contributed by atoms with Gasteiger partial charge < -0.3 is 5.32 Å². The van der Waals surface area contributed by atoms with Gasteiger partial charge in [0.1, 0.15) is 15.7 Å². The quantitative estimate of drug-likeness (QED) is 0.664. The predicted molar refractivity (Wildman–Crippen MR) is 100 cm³/mol. The average Bonchev–Trinajstić information content (AvgIpc) is 3.12. The molecule has 0 saturated heterocycles. The molecule has 3 rings (SSSR count). The zero-order valence-electron chi connectivity index (χ0n) is 13.6. The number of anilines is 1. The Kier molecular flexibility index (Phi) is 5.42. The first-order valence-electron chi connectivity index (χ1n) is 7.72. The topological polar surface area (TPSA) is 84.0 Å². The number of aromatic nitrogens is 2. The molecule has 0 bridgehead atoms. The fourth-order valence-electron chi connectivity index (χ4n) is 2.22. The van der Waals surface area contributed by atoms with Crippen LogP contribution in [0.5, 0.6) is 0 Å². The van der Waals surface area contributed by atoms with Crippen LogP contribution < -0.4 is 10.0 Å². The number of nitrogens with one attached hydrogen (secondary N) is 2. The molecule has 0 atom stereocenters. The standard InChI is InChI=1S/C17H18N4O2S2/c1-18-25(22,23)15-7-8-16(20-11-15)19-10-9-14-12-24-17(21-14)13-5-3-2-4-6-13/h2-8,11-12,18H,9-10H2,1H3,(H,19,20). The molecule has 0 aliphatic heterocycles. The number of thiazole rings is 1. The van der Waals surface area contributed by atoms with Gasteiger partial charge in [0.15, 0.2) is 0 Å². The van der Waals surface area contributed by atoms with E-state index in [1.807, 2.05) is 30.3 Å². The monoisotopic (exact) mass is 374 g/mol. The van der Waals surface area contributed by atoms with Crippen molar-refractivity contribution >= 4 is 27.2 Å². The van der Waals surface area contributed by atoms with Gasteiger partial charge in [0.2, 0.25) is 10.0 Å². The fourth-order valence-corrected chi connectivity index (χ4v) is 3.75. The van der Waals surface area contributed by atoms with E-state index >= 15 is 0 Å². The molecule has 2 N–H and O–H groups in total. The van der Waals surface area contributed by atoms with Gasteiger partial charge in [-0.15, -0.1) is 11.3 Å². The number of nitrogens with zero attached hydrogens (tertiary/aromatic N) is 2. The maximum Gasteiger partial charge on any atom is 0.241 e. The van der Waals surface area contributed by atoms with Crippen molar-refractivity contribution in [3.63, 3.8) is 0 Å². The Morgan fingerprint density at radius 2 is 1.92 bits per heavy atom. The van der Waals surface area contributed by atoms with Crippen LogP contribution in [0.2, 0.25) is 0 Å². The Morgan fingerprint density at radius 1 is 1.12 bits per heavy atom. The molecule has 0 amide bonds. The Morgan fingerprint density at radius 3 is 2.60 bits per heavy atom. The maximum atomic E-state index is 11.7. The molecular formula is C17H18N4O2S2. The van der Waals surface area contributed by atoms with Crippen LogP contribution in [0, 0.1) is 0 Å². The predicted octanol–water partition coefficient (Wildman–Crippen LogP) is 2.77. The SMILES string of the molecule is CNS(=O)(=O)c1ccc(NCCc2csc(-c3ccccc3)n2)nc1. The van der Waals surface area contributed by atoms with Crippen molar-refractivity contribution in [2.45, 2.75) is 11.3 Å².